The largest absolute Gasteiger partial charge is 0.411 e. The van der Waals surface area contributed by atoms with Gasteiger partial charge in [-0.05, 0) is 12.8 Å². The van der Waals surface area contributed by atoms with Crippen LogP contribution >= 0.6 is 0 Å². The third kappa shape index (κ3) is 8.05. The fraction of sp³-hybridized carbons (Fsp3) is 0.917. The van der Waals surface area contributed by atoms with Gasteiger partial charge in [0.15, 0.2) is 0 Å². The molecule has 1 aliphatic rings. The molecule has 7 heteroatoms. The molecule has 1 rings (SSSR count). The SMILES string of the molecule is NNC(CCOCC(F)(F)F)=NC1CCCCCC1. The van der Waals surface area contributed by atoms with Gasteiger partial charge in [-0.1, -0.05) is 25.7 Å². The van der Waals surface area contributed by atoms with Crippen molar-refractivity contribution in [1.82, 2.24) is 5.43 Å². The molecule has 112 valence electrons. The van der Waals surface area contributed by atoms with Crippen LogP contribution in [0.2, 0.25) is 0 Å². The van der Waals surface area contributed by atoms with E-state index in [4.69, 9.17) is 5.84 Å². The second-order valence-electron chi connectivity index (χ2n) is 4.78. The minimum Gasteiger partial charge on any atom is -0.372 e. The molecule has 1 aliphatic carbocycles. The highest BCUT2D eigenvalue weighted by Crippen LogP contribution is 2.20. The fourth-order valence-electron chi connectivity index (χ4n) is 2.14. The maximum absolute atomic E-state index is 11.9. The van der Waals surface area contributed by atoms with Crippen molar-refractivity contribution in [2.75, 3.05) is 13.2 Å². The molecule has 0 bridgehead atoms. The van der Waals surface area contributed by atoms with Gasteiger partial charge in [-0.3, -0.25) is 4.99 Å². The van der Waals surface area contributed by atoms with Crippen molar-refractivity contribution < 1.29 is 17.9 Å². The van der Waals surface area contributed by atoms with E-state index in [-0.39, 0.29) is 19.1 Å². The molecule has 4 nitrogen and oxygen atoms in total. The number of amidine groups is 1. The van der Waals surface area contributed by atoms with Crippen LogP contribution in [0.4, 0.5) is 13.2 Å². The molecule has 0 aromatic rings. The molecule has 0 saturated heterocycles. The van der Waals surface area contributed by atoms with Crippen molar-refractivity contribution in [1.29, 1.82) is 0 Å². The van der Waals surface area contributed by atoms with E-state index >= 15 is 0 Å². The zero-order valence-corrected chi connectivity index (χ0v) is 11.0. The van der Waals surface area contributed by atoms with Gasteiger partial charge in [-0.25, -0.2) is 5.84 Å². The Hall–Kier alpha value is -0.820. The molecule has 0 aliphatic heterocycles. The predicted octanol–water partition coefficient (Wildman–Crippen LogP) is 2.54. The molecule has 0 aromatic carbocycles. The predicted molar refractivity (Wildman–Crippen MR) is 67.7 cm³/mol. The Bertz CT molecular complexity index is 274. The number of nitrogens with zero attached hydrogens (tertiary/aromatic N) is 1. The number of rotatable bonds is 5. The minimum absolute atomic E-state index is 0.0325. The quantitative estimate of drug-likeness (QED) is 0.203. The van der Waals surface area contributed by atoms with Gasteiger partial charge in [-0.15, -0.1) is 0 Å². The average molecular weight is 281 g/mol. The van der Waals surface area contributed by atoms with Crippen LogP contribution in [0.3, 0.4) is 0 Å². The summed E-state index contributed by atoms with van der Waals surface area (Å²) in [5.74, 6) is 5.86. The standard InChI is InChI=1S/C12H22F3N3O/c13-12(14,15)9-19-8-7-11(18-16)17-10-5-3-1-2-4-6-10/h10H,1-9,16H2,(H,17,18). The summed E-state index contributed by atoms with van der Waals surface area (Å²) in [7, 11) is 0. The number of alkyl halides is 3. The van der Waals surface area contributed by atoms with Gasteiger partial charge >= 0.3 is 6.18 Å². The first kappa shape index (κ1) is 16.2. The molecule has 0 aromatic heterocycles. The molecule has 0 unspecified atom stereocenters. The van der Waals surface area contributed by atoms with Crippen LogP contribution in [0.5, 0.6) is 0 Å². The van der Waals surface area contributed by atoms with Crippen molar-refractivity contribution in [2.24, 2.45) is 10.8 Å². The lowest BCUT2D eigenvalue weighted by Gasteiger charge is -2.13. The number of ether oxygens (including phenoxy) is 1. The van der Waals surface area contributed by atoms with Crippen molar-refractivity contribution in [3.8, 4) is 0 Å². The van der Waals surface area contributed by atoms with Crippen LogP contribution in [0.1, 0.15) is 44.9 Å². The van der Waals surface area contributed by atoms with Crippen LogP contribution in [-0.2, 0) is 4.74 Å². The van der Waals surface area contributed by atoms with Crippen LogP contribution in [-0.4, -0.2) is 31.3 Å². The van der Waals surface area contributed by atoms with E-state index in [1.54, 1.807) is 0 Å². The molecule has 3 N–H and O–H groups in total. The molecule has 19 heavy (non-hydrogen) atoms. The van der Waals surface area contributed by atoms with Gasteiger partial charge in [0.2, 0.25) is 0 Å². The molecule has 0 heterocycles. The maximum atomic E-state index is 11.9. The highest BCUT2D eigenvalue weighted by atomic mass is 19.4. The van der Waals surface area contributed by atoms with Crippen molar-refractivity contribution in [3.63, 3.8) is 0 Å². The Morgan fingerprint density at radius 3 is 2.37 bits per heavy atom. The summed E-state index contributed by atoms with van der Waals surface area (Å²) in [5.41, 5.74) is 2.46. The molecule has 1 saturated carbocycles. The second-order valence-corrected chi connectivity index (χ2v) is 4.78. The van der Waals surface area contributed by atoms with E-state index in [9.17, 15) is 13.2 Å². The number of aliphatic imine (C=N–C) groups is 1. The summed E-state index contributed by atoms with van der Waals surface area (Å²) in [4.78, 5) is 4.47. The second kappa shape index (κ2) is 8.37. The topological polar surface area (TPSA) is 59.6 Å². The lowest BCUT2D eigenvalue weighted by Crippen LogP contribution is -2.33. The lowest BCUT2D eigenvalue weighted by molar-refractivity contribution is -0.173. The van der Waals surface area contributed by atoms with Gasteiger partial charge in [0, 0.05) is 6.42 Å². The number of hydrogen-bond acceptors (Lipinski definition) is 3. The van der Waals surface area contributed by atoms with E-state index < -0.39 is 12.8 Å². The summed E-state index contributed by atoms with van der Waals surface area (Å²) in [6.45, 7) is -1.26. The zero-order chi connectivity index (χ0) is 14.1. The van der Waals surface area contributed by atoms with Gasteiger partial charge in [0.1, 0.15) is 12.4 Å². The lowest BCUT2D eigenvalue weighted by atomic mass is 10.1. The summed E-state index contributed by atoms with van der Waals surface area (Å²) < 4.78 is 40.2. The summed E-state index contributed by atoms with van der Waals surface area (Å²) in [6.07, 6.45) is 2.80. The third-order valence-electron chi connectivity index (χ3n) is 3.08. The van der Waals surface area contributed by atoms with Gasteiger partial charge < -0.3 is 10.2 Å². The van der Waals surface area contributed by atoms with Gasteiger partial charge in [0.05, 0.1) is 12.6 Å². The highest BCUT2D eigenvalue weighted by molar-refractivity contribution is 5.81. The van der Waals surface area contributed by atoms with Crippen LogP contribution in [0, 0.1) is 0 Å². The molecule has 0 radical (unpaired) electrons. The molecule has 0 spiro atoms. The first-order chi connectivity index (χ1) is 9.01. The van der Waals surface area contributed by atoms with Crippen LogP contribution in [0.15, 0.2) is 4.99 Å². The summed E-state index contributed by atoms with van der Waals surface area (Å²) >= 11 is 0. The molecular formula is C12H22F3N3O. The number of hydrazine groups is 1. The monoisotopic (exact) mass is 281 g/mol. The van der Waals surface area contributed by atoms with Crippen molar-refractivity contribution in [3.05, 3.63) is 0 Å². The smallest absolute Gasteiger partial charge is 0.372 e. The Morgan fingerprint density at radius 1 is 1.21 bits per heavy atom. The third-order valence-corrected chi connectivity index (χ3v) is 3.08. The molecular weight excluding hydrogens is 259 g/mol. The Kier molecular flexibility index (Phi) is 7.15. The van der Waals surface area contributed by atoms with E-state index in [1.165, 1.54) is 12.8 Å². The number of nitrogens with one attached hydrogen (secondary N) is 1. The van der Waals surface area contributed by atoms with E-state index in [1.807, 2.05) is 0 Å². The van der Waals surface area contributed by atoms with E-state index in [2.05, 4.69) is 15.2 Å². The number of halogens is 3. The normalized spacial score (nSPS) is 19.3. The number of hydrogen-bond donors (Lipinski definition) is 2. The Morgan fingerprint density at radius 2 is 1.84 bits per heavy atom. The molecule has 0 amide bonds. The fourth-order valence-corrected chi connectivity index (χ4v) is 2.14. The zero-order valence-electron chi connectivity index (χ0n) is 11.0. The molecule has 0 atom stereocenters. The van der Waals surface area contributed by atoms with Crippen molar-refractivity contribution >= 4 is 5.84 Å². The highest BCUT2D eigenvalue weighted by Gasteiger charge is 2.27. The first-order valence-corrected chi connectivity index (χ1v) is 6.69. The van der Waals surface area contributed by atoms with Gasteiger partial charge in [-0.2, -0.15) is 13.2 Å². The summed E-state index contributed by atoms with van der Waals surface area (Å²) in [5, 5.41) is 0. The summed E-state index contributed by atoms with van der Waals surface area (Å²) in [6, 6.07) is 0.233. The number of nitrogens with two attached hydrogens (primary N) is 1. The minimum atomic E-state index is -4.28. The Labute approximate surface area is 111 Å². The van der Waals surface area contributed by atoms with E-state index in [0.29, 0.717) is 5.84 Å². The van der Waals surface area contributed by atoms with Gasteiger partial charge in [0.25, 0.3) is 0 Å². The van der Waals surface area contributed by atoms with Crippen LogP contribution in [0.25, 0.3) is 0 Å². The van der Waals surface area contributed by atoms with Crippen molar-refractivity contribution in [2.45, 2.75) is 57.2 Å². The molecule has 1 fully saturated rings. The first-order valence-electron chi connectivity index (χ1n) is 6.69. The Balaban J connectivity index is 2.30. The van der Waals surface area contributed by atoms with Crippen LogP contribution < -0.4 is 11.3 Å². The van der Waals surface area contributed by atoms with E-state index in [0.717, 1.165) is 25.7 Å². The maximum Gasteiger partial charge on any atom is 0.411 e. The average Bonchev–Trinajstić information content (AvgIpc) is 2.60.